The van der Waals surface area contributed by atoms with Crippen molar-refractivity contribution in [1.82, 2.24) is 15.1 Å². The van der Waals surface area contributed by atoms with Crippen LogP contribution in [-0.4, -0.2) is 92.0 Å². The summed E-state index contributed by atoms with van der Waals surface area (Å²) in [5.41, 5.74) is 3.50. The summed E-state index contributed by atoms with van der Waals surface area (Å²) in [6.45, 7) is 5.14. The second kappa shape index (κ2) is 14.7. The number of nitrogens with one attached hydrogen (secondary N) is 1. The molecule has 2 fully saturated rings. The lowest BCUT2D eigenvalue weighted by Gasteiger charge is -2.56. The van der Waals surface area contributed by atoms with Gasteiger partial charge < -0.3 is 19.6 Å². The van der Waals surface area contributed by atoms with Crippen molar-refractivity contribution >= 4 is 35.0 Å². The van der Waals surface area contributed by atoms with E-state index in [-0.39, 0.29) is 17.7 Å². The minimum Gasteiger partial charge on any atom is -0.343 e. The molecule has 8 heteroatoms. The molecule has 0 bridgehead atoms. The van der Waals surface area contributed by atoms with Crippen LogP contribution in [0.25, 0.3) is 11.1 Å². The summed E-state index contributed by atoms with van der Waals surface area (Å²) in [6, 6.07) is 23.9. The summed E-state index contributed by atoms with van der Waals surface area (Å²) in [5.74, 6) is 0.268. The third kappa shape index (κ3) is 7.25. The topological polar surface area (TPSA) is 52.7 Å². The van der Waals surface area contributed by atoms with Gasteiger partial charge >= 0.3 is 0 Å². The van der Waals surface area contributed by atoms with Gasteiger partial charge in [-0.2, -0.15) is 0 Å². The monoisotopic (exact) mass is 649 g/mol. The minimum absolute atomic E-state index is 0.0147. The lowest BCUT2D eigenvalue weighted by Crippen LogP contribution is -2.74. The molecule has 2 heterocycles. The minimum atomic E-state index is -0.431. The highest BCUT2D eigenvalue weighted by Gasteiger charge is 2.57. The summed E-state index contributed by atoms with van der Waals surface area (Å²) in [4.78, 5) is 31.4. The van der Waals surface area contributed by atoms with E-state index in [2.05, 4.69) is 17.4 Å². The van der Waals surface area contributed by atoms with Crippen LogP contribution in [-0.2, 0) is 4.79 Å². The van der Waals surface area contributed by atoms with Crippen molar-refractivity contribution in [1.29, 1.82) is 0 Å². The quantitative estimate of drug-likeness (QED) is 0.238. The molecule has 5 rings (SSSR count). The smallest absolute Gasteiger partial charge is 0.283 e. The first-order valence-corrected chi connectivity index (χ1v) is 17.1. The third-order valence-electron chi connectivity index (χ3n) is 10.2. The van der Waals surface area contributed by atoms with E-state index in [4.69, 9.17) is 23.2 Å². The number of piperidine rings is 2. The van der Waals surface area contributed by atoms with Gasteiger partial charge in [0.2, 0.25) is 0 Å². The number of hydrogen-bond donors (Lipinski definition) is 1. The first kappa shape index (κ1) is 33.5. The Labute approximate surface area is 278 Å². The van der Waals surface area contributed by atoms with Gasteiger partial charge in [0.05, 0.1) is 29.7 Å². The molecule has 0 spiro atoms. The Morgan fingerprint density at radius 3 is 2.11 bits per heavy atom. The van der Waals surface area contributed by atoms with Crippen LogP contribution in [0.4, 0.5) is 0 Å². The maximum atomic E-state index is 14.1. The lowest BCUT2D eigenvalue weighted by molar-refractivity contribution is -0.972. The molecule has 2 aliphatic rings. The van der Waals surface area contributed by atoms with Gasteiger partial charge in [0.15, 0.2) is 5.54 Å². The molecule has 3 aromatic rings. The molecular weight excluding hydrogens is 603 g/mol. The zero-order valence-corrected chi connectivity index (χ0v) is 28.4. The Balaban J connectivity index is 1.41. The largest absolute Gasteiger partial charge is 0.343 e. The number of carbonyl (C=O) groups excluding carboxylic acids is 2. The second-order valence-corrected chi connectivity index (χ2v) is 14.0. The standard InChI is InChI=1S/C37H47Cl2N4O2/c1-41(2)36(45)37(19-21-40-22-20-37)43(23-8-5-9-24-43)25-18-32(31-16-17-33(38)34(39)26-31)27-42(3)35(44)30-14-12-29(13-15-30)28-10-6-4-7-11-28/h4,6-7,10-17,26,32,40H,5,8-9,18-25,27H2,1-3H3/q+1. The maximum Gasteiger partial charge on any atom is 0.283 e. The van der Waals surface area contributed by atoms with Gasteiger partial charge in [0.25, 0.3) is 11.8 Å². The fourth-order valence-corrected chi connectivity index (χ4v) is 8.04. The average Bonchev–Trinajstić information content (AvgIpc) is 3.08. The molecule has 2 aliphatic heterocycles. The van der Waals surface area contributed by atoms with E-state index in [0.29, 0.717) is 22.2 Å². The number of likely N-dealkylation sites (N-methyl/N-ethyl adjacent to an activating group) is 2. The van der Waals surface area contributed by atoms with Crippen LogP contribution in [0.5, 0.6) is 0 Å². The van der Waals surface area contributed by atoms with E-state index in [1.165, 1.54) is 6.42 Å². The zero-order valence-electron chi connectivity index (χ0n) is 26.9. The van der Waals surface area contributed by atoms with Gasteiger partial charge in [-0.25, -0.2) is 0 Å². The molecule has 0 radical (unpaired) electrons. The van der Waals surface area contributed by atoms with Crippen molar-refractivity contribution in [2.24, 2.45) is 0 Å². The number of rotatable bonds is 10. The first-order chi connectivity index (χ1) is 21.7. The van der Waals surface area contributed by atoms with Crippen molar-refractivity contribution < 1.29 is 14.1 Å². The Bertz CT molecular complexity index is 1450. The molecule has 2 saturated heterocycles. The van der Waals surface area contributed by atoms with E-state index in [9.17, 15) is 9.59 Å². The number of amides is 2. The maximum absolute atomic E-state index is 14.1. The van der Waals surface area contributed by atoms with E-state index >= 15 is 0 Å². The fraction of sp³-hybridized carbons (Fsp3) is 0.459. The molecule has 0 saturated carbocycles. The van der Waals surface area contributed by atoms with Crippen molar-refractivity contribution in [3.05, 3.63) is 94.0 Å². The molecular formula is C37H47Cl2N4O2+. The summed E-state index contributed by atoms with van der Waals surface area (Å²) >= 11 is 12.9. The average molecular weight is 651 g/mol. The predicted octanol–water partition coefficient (Wildman–Crippen LogP) is 7.12. The van der Waals surface area contributed by atoms with Gasteiger partial charge in [-0.15, -0.1) is 0 Å². The van der Waals surface area contributed by atoms with Gasteiger partial charge in [-0.05, 0) is 60.2 Å². The number of hydrogen-bond acceptors (Lipinski definition) is 3. The summed E-state index contributed by atoms with van der Waals surface area (Å²) in [6.07, 6.45) is 5.99. The summed E-state index contributed by atoms with van der Waals surface area (Å²) in [7, 11) is 5.68. The van der Waals surface area contributed by atoms with Gasteiger partial charge in [-0.1, -0.05) is 71.7 Å². The number of carbonyl (C=O) groups is 2. The van der Waals surface area contributed by atoms with Crippen LogP contribution in [0, 0.1) is 0 Å². The summed E-state index contributed by atoms with van der Waals surface area (Å²) in [5, 5.41) is 4.54. The van der Waals surface area contributed by atoms with Crippen LogP contribution in [0.15, 0.2) is 72.8 Å². The van der Waals surface area contributed by atoms with E-state index in [1.807, 2.05) is 91.6 Å². The molecule has 2 amide bonds. The van der Waals surface area contributed by atoms with Crippen LogP contribution in [0.2, 0.25) is 10.0 Å². The highest BCUT2D eigenvalue weighted by molar-refractivity contribution is 6.42. The third-order valence-corrected chi connectivity index (χ3v) is 11.0. The molecule has 1 unspecified atom stereocenters. The van der Waals surface area contributed by atoms with Crippen LogP contribution < -0.4 is 5.32 Å². The fourth-order valence-electron chi connectivity index (χ4n) is 7.73. The first-order valence-electron chi connectivity index (χ1n) is 16.3. The van der Waals surface area contributed by atoms with E-state index in [0.717, 1.165) is 86.0 Å². The highest BCUT2D eigenvalue weighted by Crippen LogP contribution is 2.40. The molecule has 0 aromatic heterocycles. The van der Waals surface area contributed by atoms with E-state index < -0.39 is 5.54 Å². The predicted molar refractivity (Wildman–Crippen MR) is 185 cm³/mol. The number of nitrogens with zero attached hydrogens (tertiary/aromatic N) is 3. The molecule has 1 N–H and O–H groups in total. The van der Waals surface area contributed by atoms with Gasteiger partial charge in [0, 0.05) is 71.5 Å². The molecule has 0 aliphatic carbocycles. The van der Waals surface area contributed by atoms with Crippen molar-refractivity contribution in [3.63, 3.8) is 0 Å². The molecule has 45 heavy (non-hydrogen) atoms. The Morgan fingerprint density at radius 1 is 0.844 bits per heavy atom. The second-order valence-electron chi connectivity index (χ2n) is 13.1. The van der Waals surface area contributed by atoms with Crippen molar-refractivity contribution in [2.75, 3.05) is 60.4 Å². The number of quaternary nitrogens is 1. The Hall–Kier alpha value is -2.90. The SMILES string of the molecule is CN(C)C(=O)C1([N+]2(CCC(CN(C)C(=O)c3ccc(-c4ccccc4)cc3)c3ccc(Cl)c(Cl)c3)CCCCC2)CCNCC1. The van der Waals surface area contributed by atoms with Crippen molar-refractivity contribution in [2.45, 2.75) is 50.0 Å². The highest BCUT2D eigenvalue weighted by atomic mass is 35.5. The molecule has 1 atom stereocenters. The van der Waals surface area contributed by atoms with Gasteiger partial charge in [-0.3, -0.25) is 9.59 Å². The normalized spacial score (nSPS) is 18.2. The summed E-state index contributed by atoms with van der Waals surface area (Å²) < 4.78 is 0.822. The number of likely N-dealkylation sites (tertiary alicyclic amines) is 1. The zero-order chi connectivity index (χ0) is 32.0. The Kier molecular flexibility index (Phi) is 10.9. The number of benzene rings is 3. The van der Waals surface area contributed by atoms with Crippen molar-refractivity contribution in [3.8, 4) is 11.1 Å². The van der Waals surface area contributed by atoms with Crippen LogP contribution in [0.1, 0.15) is 60.4 Å². The number of halogens is 2. The Morgan fingerprint density at radius 2 is 1.49 bits per heavy atom. The van der Waals surface area contributed by atoms with E-state index in [1.54, 1.807) is 0 Å². The lowest BCUT2D eigenvalue weighted by atomic mass is 9.79. The van der Waals surface area contributed by atoms with Crippen LogP contribution >= 0.6 is 23.2 Å². The molecule has 6 nitrogen and oxygen atoms in total. The molecule has 3 aromatic carbocycles. The molecule has 240 valence electrons. The van der Waals surface area contributed by atoms with Gasteiger partial charge in [0.1, 0.15) is 0 Å². The van der Waals surface area contributed by atoms with Crippen LogP contribution in [0.3, 0.4) is 0 Å².